The lowest BCUT2D eigenvalue weighted by Crippen LogP contribution is -2.29. The fourth-order valence-corrected chi connectivity index (χ4v) is 0.585. The number of unbranched alkanes of at least 4 members (excludes halogenated alkanes) is 1. The molecule has 0 aliphatic carbocycles. The van der Waals surface area contributed by atoms with Gasteiger partial charge >= 0.3 is 0 Å². The second-order valence-corrected chi connectivity index (χ2v) is 1.98. The number of hydrazine groups is 1. The molecule has 0 saturated heterocycles. The van der Waals surface area contributed by atoms with Crippen molar-refractivity contribution in [3.8, 4) is 0 Å². The summed E-state index contributed by atoms with van der Waals surface area (Å²) < 4.78 is 0. The number of nitrogens with two attached hydrogens (primary N) is 1. The van der Waals surface area contributed by atoms with Crippen molar-refractivity contribution in [3.63, 3.8) is 0 Å². The summed E-state index contributed by atoms with van der Waals surface area (Å²) in [4.78, 5) is 13.1. The van der Waals surface area contributed by atoms with E-state index >= 15 is 0 Å². The van der Waals surface area contributed by atoms with Crippen LogP contribution in [0.25, 0.3) is 10.4 Å². The van der Waals surface area contributed by atoms with Crippen molar-refractivity contribution in [2.45, 2.75) is 19.3 Å². The molecule has 1 amide bonds. The second kappa shape index (κ2) is 6.85. The molecule has 0 aliphatic heterocycles. The SMILES string of the molecule is [N-]=[N+]=NCCCCC(=O)NN. The van der Waals surface area contributed by atoms with Gasteiger partial charge in [-0.1, -0.05) is 5.11 Å². The highest BCUT2D eigenvalue weighted by Gasteiger charge is 1.95. The van der Waals surface area contributed by atoms with E-state index < -0.39 is 0 Å². The molecular weight excluding hydrogens is 146 g/mol. The summed E-state index contributed by atoms with van der Waals surface area (Å²) in [5, 5.41) is 3.31. The van der Waals surface area contributed by atoms with Gasteiger partial charge in [-0.05, 0) is 18.4 Å². The van der Waals surface area contributed by atoms with E-state index in [1.54, 1.807) is 0 Å². The van der Waals surface area contributed by atoms with Crippen molar-refractivity contribution in [1.82, 2.24) is 5.43 Å². The van der Waals surface area contributed by atoms with Gasteiger partial charge in [0, 0.05) is 17.9 Å². The Bertz CT molecular complexity index is 162. The molecule has 0 fully saturated rings. The average Bonchev–Trinajstić information content (AvgIpc) is 2.04. The Morgan fingerprint density at radius 2 is 2.36 bits per heavy atom. The van der Waals surface area contributed by atoms with Gasteiger partial charge in [-0.2, -0.15) is 0 Å². The molecule has 0 atom stereocenters. The van der Waals surface area contributed by atoms with E-state index in [-0.39, 0.29) is 5.91 Å². The van der Waals surface area contributed by atoms with Gasteiger partial charge in [-0.25, -0.2) is 5.84 Å². The van der Waals surface area contributed by atoms with Gasteiger partial charge in [0.15, 0.2) is 0 Å². The lowest BCUT2D eigenvalue weighted by atomic mass is 10.2. The van der Waals surface area contributed by atoms with E-state index in [4.69, 9.17) is 11.4 Å². The minimum atomic E-state index is -0.189. The van der Waals surface area contributed by atoms with Crippen LogP contribution in [0.5, 0.6) is 0 Å². The molecule has 3 N–H and O–H groups in total. The van der Waals surface area contributed by atoms with Gasteiger partial charge in [-0.15, -0.1) is 0 Å². The zero-order chi connectivity index (χ0) is 8.53. The third kappa shape index (κ3) is 6.63. The highest BCUT2D eigenvalue weighted by molar-refractivity contribution is 5.74. The van der Waals surface area contributed by atoms with Crippen LogP contribution in [-0.4, -0.2) is 12.5 Å². The molecule has 6 nitrogen and oxygen atoms in total. The predicted octanol–water partition coefficient (Wildman–Crippen LogP) is 0.457. The molecule has 0 unspecified atom stereocenters. The summed E-state index contributed by atoms with van der Waals surface area (Å²) in [6.45, 7) is 0.439. The van der Waals surface area contributed by atoms with Crippen LogP contribution in [0.3, 0.4) is 0 Å². The lowest BCUT2D eigenvalue weighted by molar-refractivity contribution is -0.121. The molecule has 0 aromatic heterocycles. The van der Waals surface area contributed by atoms with Crippen molar-refractivity contribution >= 4 is 5.91 Å². The van der Waals surface area contributed by atoms with E-state index in [1.807, 2.05) is 5.43 Å². The van der Waals surface area contributed by atoms with Crippen molar-refractivity contribution in [2.24, 2.45) is 11.0 Å². The van der Waals surface area contributed by atoms with Crippen LogP contribution in [-0.2, 0) is 4.79 Å². The zero-order valence-corrected chi connectivity index (χ0v) is 6.16. The van der Waals surface area contributed by atoms with E-state index in [0.717, 1.165) is 6.42 Å². The first-order valence-electron chi connectivity index (χ1n) is 3.31. The van der Waals surface area contributed by atoms with E-state index in [0.29, 0.717) is 19.4 Å². The molecule has 62 valence electrons. The minimum Gasteiger partial charge on any atom is -0.294 e. The van der Waals surface area contributed by atoms with Gasteiger partial charge in [0.25, 0.3) is 0 Å². The molecule has 0 aromatic carbocycles. The Balaban J connectivity index is 3.14. The molecule has 0 aromatic rings. The number of carbonyl (C=O) groups excluding carboxylic acids is 1. The fourth-order valence-electron chi connectivity index (χ4n) is 0.585. The van der Waals surface area contributed by atoms with Crippen molar-refractivity contribution in [2.75, 3.05) is 6.54 Å². The van der Waals surface area contributed by atoms with Crippen molar-refractivity contribution in [3.05, 3.63) is 10.4 Å². The Kier molecular flexibility index (Phi) is 6.07. The molecule has 0 spiro atoms. The quantitative estimate of drug-likeness (QED) is 0.115. The summed E-state index contributed by atoms with van der Waals surface area (Å²) in [6, 6.07) is 0. The maximum Gasteiger partial charge on any atom is 0.233 e. The maximum absolute atomic E-state index is 10.5. The molecular formula is C5H11N5O. The van der Waals surface area contributed by atoms with Crippen LogP contribution in [0.4, 0.5) is 0 Å². The Morgan fingerprint density at radius 1 is 1.64 bits per heavy atom. The molecule has 0 aliphatic rings. The Labute approximate surface area is 64.4 Å². The number of hydrogen-bond donors (Lipinski definition) is 2. The van der Waals surface area contributed by atoms with Gasteiger partial charge < -0.3 is 0 Å². The van der Waals surface area contributed by atoms with E-state index in [2.05, 4.69) is 10.0 Å². The van der Waals surface area contributed by atoms with Gasteiger partial charge in [-0.3, -0.25) is 10.2 Å². The van der Waals surface area contributed by atoms with Crippen LogP contribution in [0.2, 0.25) is 0 Å². The van der Waals surface area contributed by atoms with Crippen molar-refractivity contribution < 1.29 is 4.79 Å². The predicted molar refractivity (Wildman–Crippen MR) is 40.2 cm³/mol. The summed E-state index contributed by atoms with van der Waals surface area (Å²) in [5.41, 5.74) is 9.89. The summed E-state index contributed by atoms with van der Waals surface area (Å²) in [7, 11) is 0. The normalized spacial score (nSPS) is 8.45. The number of azide groups is 1. The molecule has 0 rings (SSSR count). The van der Waals surface area contributed by atoms with Crippen LogP contribution in [0.1, 0.15) is 19.3 Å². The Morgan fingerprint density at radius 3 is 2.91 bits per heavy atom. The third-order valence-corrected chi connectivity index (χ3v) is 1.14. The fraction of sp³-hybridized carbons (Fsp3) is 0.800. The van der Waals surface area contributed by atoms with E-state index in [1.165, 1.54) is 0 Å². The first-order chi connectivity index (χ1) is 5.31. The Hall–Kier alpha value is -1.26. The number of carbonyl (C=O) groups is 1. The highest BCUT2D eigenvalue weighted by atomic mass is 16.2. The molecule has 6 heteroatoms. The number of rotatable bonds is 5. The summed E-state index contributed by atoms with van der Waals surface area (Å²) >= 11 is 0. The monoisotopic (exact) mass is 157 g/mol. The molecule has 0 heterocycles. The first kappa shape index (κ1) is 9.74. The molecule has 11 heavy (non-hydrogen) atoms. The number of nitrogens with one attached hydrogen (secondary N) is 1. The van der Waals surface area contributed by atoms with Crippen LogP contribution in [0.15, 0.2) is 5.11 Å². The zero-order valence-electron chi connectivity index (χ0n) is 6.16. The number of amides is 1. The van der Waals surface area contributed by atoms with Gasteiger partial charge in [0.1, 0.15) is 0 Å². The van der Waals surface area contributed by atoms with Crippen LogP contribution >= 0.6 is 0 Å². The highest BCUT2D eigenvalue weighted by Crippen LogP contribution is 1.94. The molecule has 0 bridgehead atoms. The largest absolute Gasteiger partial charge is 0.294 e. The minimum absolute atomic E-state index is 0.189. The standard InChI is InChI=1S/C5H11N5O/c6-9-5(11)3-1-2-4-8-10-7/h1-4,6H2,(H,9,11). The van der Waals surface area contributed by atoms with Gasteiger partial charge in [0.2, 0.25) is 5.91 Å². The number of hydrogen-bond acceptors (Lipinski definition) is 3. The average molecular weight is 157 g/mol. The molecule has 0 radical (unpaired) electrons. The topological polar surface area (TPSA) is 104 Å². The van der Waals surface area contributed by atoms with E-state index in [9.17, 15) is 4.79 Å². The second-order valence-electron chi connectivity index (χ2n) is 1.98. The summed E-state index contributed by atoms with van der Waals surface area (Å²) in [5.74, 6) is 4.64. The van der Waals surface area contributed by atoms with Crippen LogP contribution in [0, 0.1) is 0 Å². The van der Waals surface area contributed by atoms with Gasteiger partial charge in [0.05, 0.1) is 0 Å². The van der Waals surface area contributed by atoms with Crippen molar-refractivity contribution in [1.29, 1.82) is 0 Å². The third-order valence-electron chi connectivity index (χ3n) is 1.14. The maximum atomic E-state index is 10.5. The smallest absolute Gasteiger partial charge is 0.233 e. The first-order valence-corrected chi connectivity index (χ1v) is 3.31. The molecule has 0 saturated carbocycles. The lowest BCUT2D eigenvalue weighted by Gasteiger charge is -1.96. The summed E-state index contributed by atoms with van der Waals surface area (Å²) in [6.07, 6.45) is 1.80. The number of nitrogens with zero attached hydrogens (tertiary/aromatic N) is 3. The van der Waals surface area contributed by atoms with Crippen LogP contribution < -0.4 is 11.3 Å².